The molecule has 0 fully saturated rings. The van der Waals surface area contributed by atoms with Crippen molar-refractivity contribution in [2.45, 2.75) is 6.42 Å². The molecule has 0 saturated carbocycles. The standard InChI is InChI=1S/C17H17FN2O5/c1-24-14-5-2-12(3-6-14)8-9-19-17(21)11-25-16-10-13(18)4-7-15(16)20(22)23/h2-7,10H,8-9,11H2,1H3,(H,19,21). The monoisotopic (exact) mass is 348 g/mol. The number of hydrogen-bond acceptors (Lipinski definition) is 5. The zero-order valence-electron chi connectivity index (χ0n) is 13.5. The van der Waals surface area contributed by atoms with Crippen LogP contribution in [0.1, 0.15) is 5.56 Å². The summed E-state index contributed by atoms with van der Waals surface area (Å²) >= 11 is 0. The Morgan fingerprint density at radius 1 is 1.24 bits per heavy atom. The Labute approximate surface area is 143 Å². The highest BCUT2D eigenvalue weighted by Gasteiger charge is 2.16. The fourth-order valence-corrected chi connectivity index (χ4v) is 2.09. The Bertz CT molecular complexity index is 749. The summed E-state index contributed by atoms with van der Waals surface area (Å²) in [6.45, 7) is -0.0628. The van der Waals surface area contributed by atoms with Gasteiger partial charge in [0.15, 0.2) is 6.61 Å². The van der Waals surface area contributed by atoms with Crippen molar-refractivity contribution in [2.24, 2.45) is 0 Å². The van der Waals surface area contributed by atoms with E-state index in [0.717, 1.165) is 29.5 Å². The molecule has 7 nitrogen and oxygen atoms in total. The molecule has 25 heavy (non-hydrogen) atoms. The predicted molar refractivity (Wildman–Crippen MR) is 88.3 cm³/mol. The molecule has 0 aliphatic heterocycles. The number of halogens is 1. The highest BCUT2D eigenvalue weighted by Crippen LogP contribution is 2.27. The lowest BCUT2D eigenvalue weighted by Crippen LogP contribution is -2.30. The van der Waals surface area contributed by atoms with E-state index in [0.29, 0.717) is 13.0 Å². The van der Waals surface area contributed by atoms with Gasteiger partial charge in [-0.2, -0.15) is 0 Å². The topological polar surface area (TPSA) is 90.7 Å². The second-order valence-corrected chi connectivity index (χ2v) is 5.11. The Morgan fingerprint density at radius 3 is 2.60 bits per heavy atom. The van der Waals surface area contributed by atoms with Gasteiger partial charge < -0.3 is 14.8 Å². The summed E-state index contributed by atoms with van der Waals surface area (Å²) in [4.78, 5) is 21.9. The van der Waals surface area contributed by atoms with Crippen LogP contribution < -0.4 is 14.8 Å². The molecule has 1 amide bonds. The lowest BCUT2D eigenvalue weighted by molar-refractivity contribution is -0.385. The van der Waals surface area contributed by atoms with Crippen LogP contribution in [-0.2, 0) is 11.2 Å². The van der Waals surface area contributed by atoms with Gasteiger partial charge in [0.05, 0.1) is 12.0 Å². The van der Waals surface area contributed by atoms with E-state index in [-0.39, 0.29) is 5.75 Å². The summed E-state index contributed by atoms with van der Waals surface area (Å²) in [6.07, 6.45) is 0.607. The zero-order chi connectivity index (χ0) is 18.2. The van der Waals surface area contributed by atoms with Crippen molar-refractivity contribution in [1.82, 2.24) is 5.32 Å². The molecule has 2 aromatic rings. The average Bonchev–Trinajstić information content (AvgIpc) is 2.60. The third-order valence-electron chi connectivity index (χ3n) is 3.37. The van der Waals surface area contributed by atoms with Crippen LogP contribution in [0.4, 0.5) is 10.1 Å². The van der Waals surface area contributed by atoms with E-state index in [1.165, 1.54) is 0 Å². The molecule has 0 aliphatic rings. The molecule has 1 N–H and O–H groups in total. The fourth-order valence-electron chi connectivity index (χ4n) is 2.09. The number of benzene rings is 2. The van der Waals surface area contributed by atoms with Crippen molar-refractivity contribution in [2.75, 3.05) is 20.3 Å². The van der Waals surface area contributed by atoms with E-state index in [1.807, 2.05) is 24.3 Å². The van der Waals surface area contributed by atoms with Gasteiger partial charge in [-0.1, -0.05) is 12.1 Å². The van der Waals surface area contributed by atoms with Crippen molar-refractivity contribution < 1.29 is 23.6 Å². The van der Waals surface area contributed by atoms with Crippen LogP contribution in [0.15, 0.2) is 42.5 Å². The van der Waals surface area contributed by atoms with Crippen molar-refractivity contribution in [3.63, 3.8) is 0 Å². The summed E-state index contributed by atoms with van der Waals surface area (Å²) in [7, 11) is 1.58. The third-order valence-corrected chi connectivity index (χ3v) is 3.37. The van der Waals surface area contributed by atoms with Crippen LogP contribution in [0.2, 0.25) is 0 Å². The normalized spacial score (nSPS) is 10.2. The molecule has 0 aliphatic carbocycles. The van der Waals surface area contributed by atoms with Gasteiger partial charge >= 0.3 is 5.69 Å². The lowest BCUT2D eigenvalue weighted by Gasteiger charge is -2.08. The van der Waals surface area contributed by atoms with E-state index >= 15 is 0 Å². The van der Waals surface area contributed by atoms with Gasteiger partial charge in [-0.3, -0.25) is 14.9 Å². The Morgan fingerprint density at radius 2 is 1.96 bits per heavy atom. The minimum absolute atomic E-state index is 0.282. The zero-order valence-corrected chi connectivity index (χ0v) is 13.5. The molecule has 0 saturated heterocycles. The van der Waals surface area contributed by atoms with Gasteiger partial charge in [0.25, 0.3) is 5.91 Å². The molecule has 8 heteroatoms. The van der Waals surface area contributed by atoms with Crippen LogP contribution in [0.3, 0.4) is 0 Å². The van der Waals surface area contributed by atoms with Crippen LogP contribution in [-0.4, -0.2) is 31.1 Å². The van der Waals surface area contributed by atoms with Gasteiger partial charge in [0.2, 0.25) is 5.75 Å². The maximum Gasteiger partial charge on any atom is 0.311 e. The quantitative estimate of drug-likeness (QED) is 0.585. The summed E-state index contributed by atoms with van der Waals surface area (Å²) in [5.41, 5.74) is 0.621. The number of nitrogens with one attached hydrogen (secondary N) is 1. The number of nitrogens with zero attached hydrogens (tertiary/aromatic N) is 1. The maximum absolute atomic E-state index is 13.2. The van der Waals surface area contributed by atoms with E-state index in [1.54, 1.807) is 7.11 Å². The summed E-state index contributed by atoms with van der Waals surface area (Å²) in [5.74, 6) is -0.666. The van der Waals surface area contributed by atoms with Gasteiger partial charge in [0.1, 0.15) is 11.6 Å². The van der Waals surface area contributed by atoms with Crippen molar-refractivity contribution >= 4 is 11.6 Å². The molecule has 0 aromatic heterocycles. The number of amides is 1. The first kappa shape index (κ1) is 18.2. The number of rotatable bonds is 8. The molecule has 0 radical (unpaired) electrons. The molecule has 0 heterocycles. The SMILES string of the molecule is COc1ccc(CCNC(=O)COc2cc(F)ccc2[N+](=O)[O-])cc1. The molecular weight excluding hydrogens is 331 g/mol. The molecule has 2 aromatic carbocycles. The fraction of sp³-hybridized carbons (Fsp3) is 0.235. The number of nitro groups is 1. The third kappa shape index (κ3) is 5.45. The van der Waals surface area contributed by atoms with Crippen molar-refractivity contribution in [3.8, 4) is 11.5 Å². The van der Waals surface area contributed by atoms with Gasteiger partial charge in [-0.25, -0.2) is 4.39 Å². The minimum atomic E-state index is -0.698. The number of carbonyl (C=O) groups excluding carboxylic acids is 1. The summed E-state index contributed by atoms with van der Waals surface area (Å²) in [6, 6.07) is 10.2. The first-order chi connectivity index (χ1) is 12.0. The van der Waals surface area contributed by atoms with Crippen molar-refractivity contribution in [3.05, 3.63) is 64.0 Å². The predicted octanol–water partition coefficient (Wildman–Crippen LogP) is 2.48. The molecule has 0 spiro atoms. The minimum Gasteiger partial charge on any atom is -0.497 e. The van der Waals surface area contributed by atoms with Gasteiger partial charge in [-0.05, 0) is 30.2 Å². The van der Waals surface area contributed by atoms with Crippen LogP contribution >= 0.6 is 0 Å². The van der Waals surface area contributed by atoms with E-state index < -0.39 is 28.9 Å². The first-order valence-electron chi connectivity index (χ1n) is 7.46. The van der Waals surface area contributed by atoms with Gasteiger partial charge in [-0.15, -0.1) is 0 Å². The molecule has 0 atom stereocenters. The van der Waals surface area contributed by atoms with Crippen LogP contribution in [0, 0.1) is 15.9 Å². The second-order valence-electron chi connectivity index (χ2n) is 5.11. The number of ether oxygens (including phenoxy) is 2. The molecule has 0 unspecified atom stereocenters. The first-order valence-corrected chi connectivity index (χ1v) is 7.46. The van der Waals surface area contributed by atoms with E-state index in [4.69, 9.17) is 9.47 Å². The Balaban J connectivity index is 1.81. The summed E-state index contributed by atoms with van der Waals surface area (Å²) in [5, 5.41) is 13.5. The highest BCUT2D eigenvalue weighted by atomic mass is 19.1. The smallest absolute Gasteiger partial charge is 0.311 e. The Kier molecular flexibility index (Phi) is 6.27. The maximum atomic E-state index is 13.2. The molecule has 2 rings (SSSR count). The molecule has 132 valence electrons. The van der Waals surface area contributed by atoms with E-state index in [2.05, 4.69) is 5.32 Å². The van der Waals surface area contributed by atoms with Gasteiger partial charge in [0, 0.05) is 18.7 Å². The summed E-state index contributed by atoms with van der Waals surface area (Å²) < 4.78 is 23.3. The highest BCUT2D eigenvalue weighted by molar-refractivity contribution is 5.77. The molecule has 0 bridgehead atoms. The van der Waals surface area contributed by atoms with Crippen LogP contribution in [0.5, 0.6) is 11.5 Å². The largest absolute Gasteiger partial charge is 0.497 e. The number of carbonyl (C=O) groups is 1. The molecular formula is C17H17FN2O5. The lowest BCUT2D eigenvalue weighted by atomic mass is 10.1. The van der Waals surface area contributed by atoms with Crippen molar-refractivity contribution in [1.29, 1.82) is 0 Å². The number of methoxy groups -OCH3 is 1. The van der Waals surface area contributed by atoms with E-state index in [9.17, 15) is 19.3 Å². The average molecular weight is 348 g/mol. The number of hydrogen-bond donors (Lipinski definition) is 1. The Hall–Kier alpha value is -3.16. The number of nitro benzene ring substituents is 1. The second kappa shape index (κ2) is 8.62. The van der Waals surface area contributed by atoms with Crippen LogP contribution in [0.25, 0.3) is 0 Å².